The van der Waals surface area contributed by atoms with Gasteiger partial charge in [0.25, 0.3) is 0 Å². The molecule has 3 unspecified atom stereocenters. The van der Waals surface area contributed by atoms with Crippen LogP contribution in [0.3, 0.4) is 0 Å². The first-order valence-corrected chi connectivity index (χ1v) is 8.47. The van der Waals surface area contributed by atoms with Crippen LogP contribution in [0, 0.1) is 28.6 Å². The van der Waals surface area contributed by atoms with Crippen molar-refractivity contribution in [2.45, 2.75) is 60.3 Å². The average molecular weight is 310 g/mol. The van der Waals surface area contributed by atoms with E-state index in [9.17, 15) is 9.59 Å². The lowest BCUT2D eigenvalue weighted by molar-refractivity contribution is -0.165. The van der Waals surface area contributed by atoms with Crippen LogP contribution in [-0.4, -0.2) is 25.2 Å². The van der Waals surface area contributed by atoms with E-state index in [1.165, 1.54) is 19.3 Å². The number of rotatable bonds is 5. The van der Waals surface area contributed by atoms with Gasteiger partial charge >= 0.3 is 11.9 Å². The molecule has 0 aromatic rings. The van der Waals surface area contributed by atoms with Crippen LogP contribution < -0.4 is 0 Å². The zero-order valence-corrected chi connectivity index (χ0v) is 14.6. The second-order valence-electron chi connectivity index (χ2n) is 8.46. The highest BCUT2D eigenvalue weighted by atomic mass is 16.6. The minimum absolute atomic E-state index is 0.0838. The van der Waals surface area contributed by atoms with E-state index < -0.39 is 5.41 Å². The highest BCUT2D eigenvalue weighted by molar-refractivity contribution is 5.77. The molecule has 4 nitrogen and oxygen atoms in total. The fourth-order valence-electron chi connectivity index (χ4n) is 3.40. The fraction of sp³-hybridized carbons (Fsp3) is 0.889. The van der Waals surface area contributed by atoms with Crippen LogP contribution >= 0.6 is 0 Å². The second kappa shape index (κ2) is 6.21. The maximum absolute atomic E-state index is 12.2. The van der Waals surface area contributed by atoms with Gasteiger partial charge in [0.05, 0.1) is 11.3 Å². The first-order valence-electron chi connectivity index (χ1n) is 8.47. The smallest absolute Gasteiger partial charge is 0.312 e. The Hall–Kier alpha value is -1.06. The molecule has 4 heteroatoms. The van der Waals surface area contributed by atoms with Gasteiger partial charge in [0, 0.05) is 0 Å². The molecule has 2 aliphatic rings. The summed E-state index contributed by atoms with van der Waals surface area (Å²) < 4.78 is 10.6. The molecule has 2 saturated carbocycles. The summed E-state index contributed by atoms with van der Waals surface area (Å²) in [5, 5.41) is 0. The first-order chi connectivity index (χ1) is 10.1. The van der Waals surface area contributed by atoms with Crippen LogP contribution in [0.25, 0.3) is 0 Å². The highest BCUT2D eigenvalue weighted by Crippen LogP contribution is 2.48. The van der Waals surface area contributed by atoms with Gasteiger partial charge in [0.1, 0.15) is 13.2 Å². The molecule has 0 heterocycles. The lowest BCUT2D eigenvalue weighted by atomic mass is 9.69. The van der Waals surface area contributed by atoms with Crippen LogP contribution in [0.5, 0.6) is 0 Å². The van der Waals surface area contributed by atoms with E-state index in [-0.39, 0.29) is 36.5 Å². The molecule has 0 N–H and O–H groups in total. The summed E-state index contributed by atoms with van der Waals surface area (Å²) >= 11 is 0. The number of esters is 2. The zero-order valence-electron chi connectivity index (χ0n) is 14.6. The lowest BCUT2D eigenvalue weighted by Gasteiger charge is -2.36. The molecule has 0 amide bonds. The Morgan fingerprint density at radius 3 is 2.09 bits per heavy atom. The number of carbonyl (C=O) groups excluding carboxylic acids is 2. The highest BCUT2D eigenvalue weighted by Gasteiger charge is 2.44. The summed E-state index contributed by atoms with van der Waals surface area (Å²) in [7, 11) is 0. The van der Waals surface area contributed by atoms with Crippen molar-refractivity contribution < 1.29 is 19.1 Å². The van der Waals surface area contributed by atoms with Crippen molar-refractivity contribution in [3.8, 4) is 0 Å². The van der Waals surface area contributed by atoms with Crippen LogP contribution in [0.2, 0.25) is 0 Å². The number of ether oxygens (including phenoxy) is 2. The Morgan fingerprint density at radius 2 is 1.59 bits per heavy atom. The van der Waals surface area contributed by atoms with Gasteiger partial charge in [-0.25, -0.2) is 0 Å². The Bertz CT molecular complexity index is 433. The second-order valence-corrected chi connectivity index (χ2v) is 8.46. The standard InChI is InChI=1S/C18H30O4/c1-17(2,3)18(4,5)16(20)22-9-8-21-15(19)14-11-12-6-7-13(14)10-12/h12-14H,6-11H2,1-5H3. The molecule has 0 radical (unpaired) electrons. The molecule has 2 aliphatic carbocycles. The third-order valence-corrected chi connectivity index (χ3v) is 5.99. The molecule has 126 valence electrons. The Balaban J connectivity index is 1.69. The van der Waals surface area contributed by atoms with Crippen LogP contribution in [-0.2, 0) is 19.1 Å². The average Bonchev–Trinajstić information content (AvgIpc) is 3.04. The maximum atomic E-state index is 12.2. The van der Waals surface area contributed by atoms with E-state index in [2.05, 4.69) is 0 Å². The quantitative estimate of drug-likeness (QED) is 0.575. The van der Waals surface area contributed by atoms with Crippen LogP contribution in [0.15, 0.2) is 0 Å². The van der Waals surface area contributed by atoms with Crippen molar-refractivity contribution in [2.24, 2.45) is 28.6 Å². The molecule has 2 bridgehead atoms. The van der Waals surface area contributed by atoms with Crippen LogP contribution in [0.4, 0.5) is 0 Å². The summed E-state index contributed by atoms with van der Waals surface area (Å²) in [5.74, 6) is 1.00. The van der Waals surface area contributed by atoms with Crippen molar-refractivity contribution in [1.82, 2.24) is 0 Å². The van der Waals surface area contributed by atoms with E-state index in [0.717, 1.165) is 12.3 Å². The molecule has 0 aliphatic heterocycles. The van der Waals surface area contributed by atoms with Gasteiger partial charge in [-0.3, -0.25) is 9.59 Å². The summed E-state index contributed by atoms with van der Waals surface area (Å²) in [4.78, 5) is 24.2. The normalized spacial score (nSPS) is 27.8. The van der Waals surface area contributed by atoms with Gasteiger partial charge in [-0.1, -0.05) is 27.2 Å². The van der Waals surface area contributed by atoms with Gasteiger partial charge in [-0.05, 0) is 50.4 Å². The first kappa shape index (κ1) is 17.3. The topological polar surface area (TPSA) is 52.6 Å². The number of carbonyl (C=O) groups is 2. The summed E-state index contributed by atoms with van der Waals surface area (Å²) in [6.45, 7) is 10.1. The predicted octanol–water partition coefficient (Wildman–Crippen LogP) is 3.58. The lowest BCUT2D eigenvalue weighted by Crippen LogP contribution is -2.39. The third-order valence-electron chi connectivity index (χ3n) is 5.99. The third kappa shape index (κ3) is 3.47. The maximum Gasteiger partial charge on any atom is 0.312 e. The van der Waals surface area contributed by atoms with Gasteiger partial charge in [-0.15, -0.1) is 0 Å². The Kier molecular flexibility index (Phi) is 4.88. The number of hydrogen-bond acceptors (Lipinski definition) is 4. The summed E-state index contributed by atoms with van der Waals surface area (Å²) in [6, 6.07) is 0. The molecule has 2 rings (SSSR count). The van der Waals surface area contributed by atoms with E-state index in [1.54, 1.807) is 0 Å². The fourth-order valence-corrected chi connectivity index (χ4v) is 3.40. The van der Waals surface area contributed by atoms with Crippen molar-refractivity contribution in [1.29, 1.82) is 0 Å². The van der Waals surface area contributed by atoms with Crippen molar-refractivity contribution in [3.05, 3.63) is 0 Å². The monoisotopic (exact) mass is 310 g/mol. The van der Waals surface area contributed by atoms with Gasteiger partial charge in [0.15, 0.2) is 0 Å². The molecule has 22 heavy (non-hydrogen) atoms. The number of hydrogen-bond donors (Lipinski definition) is 0. The molecule has 0 aromatic heterocycles. The molecule has 0 saturated heterocycles. The minimum atomic E-state index is -0.568. The van der Waals surface area contributed by atoms with E-state index in [0.29, 0.717) is 5.92 Å². The summed E-state index contributed by atoms with van der Waals surface area (Å²) in [5.41, 5.74) is -0.745. The Morgan fingerprint density at radius 1 is 0.955 bits per heavy atom. The van der Waals surface area contributed by atoms with Gasteiger partial charge in [-0.2, -0.15) is 0 Å². The van der Waals surface area contributed by atoms with Crippen molar-refractivity contribution in [3.63, 3.8) is 0 Å². The molecular formula is C18H30O4. The van der Waals surface area contributed by atoms with Crippen LogP contribution in [0.1, 0.15) is 60.3 Å². The van der Waals surface area contributed by atoms with E-state index in [4.69, 9.17) is 9.47 Å². The molecule has 0 aromatic carbocycles. The van der Waals surface area contributed by atoms with E-state index >= 15 is 0 Å². The van der Waals surface area contributed by atoms with Crippen molar-refractivity contribution >= 4 is 11.9 Å². The SMILES string of the molecule is CC(C)(C)C(C)(C)C(=O)OCCOC(=O)C1CC2CCC1C2. The molecular weight excluding hydrogens is 280 g/mol. The zero-order chi connectivity index (χ0) is 16.5. The Labute approximate surface area is 133 Å². The van der Waals surface area contributed by atoms with E-state index in [1.807, 2.05) is 34.6 Å². The largest absolute Gasteiger partial charge is 0.462 e. The van der Waals surface area contributed by atoms with Crippen molar-refractivity contribution in [2.75, 3.05) is 13.2 Å². The summed E-state index contributed by atoms with van der Waals surface area (Å²) in [6.07, 6.45) is 4.61. The molecule has 0 spiro atoms. The molecule has 3 atom stereocenters. The predicted molar refractivity (Wildman–Crippen MR) is 84.1 cm³/mol. The van der Waals surface area contributed by atoms with Gasteiger partial charge in [0.2, 0.25) is 0 Å². The molecule has 2 fully saturated rings. The number of fused-ring (bicyclic) bond motifs is 2. The van der Waals surface area contributed by atoms with Gasteiger partial charge < -0.3 is 9.47 Å². The minimum Gasteiger partial charge on any atom is -0.462 e.